The van der Waals surface area contributed by atoms with Gasteiger partial charge in [-0.3, -0.25) is 9.78 Å². The van der Waals surface area contributed by atoms with E-state index >= 15 is 0 Å². The number of ether oxygens (including phenoxy) is 1. The summed E-state index contributed by atoms with van der Waals surface area (Å²) in [4.78, 5) is 26.0. The highest BCUT2D eigenvalue weighted by atomic mass is 16.5. The monoisotopic (exact) mass is 421 g/mol. The molecule has 8 nitrogen and oxygen atoms in total. The Kier molecular flexibility index (Phi) is 5.33. The number of amides is 1. The maximum atomic E-state index is 13.2. The van der Waals surface area contributed by atoms with Crippen LogP contribution in [0.4, 0.5) is 5.95 Å². The van der Waals surface area contributed by atoms with Gasteiger partial charge in [-0.1, -0.05) is 0 Å². The number of aliphatic hydroxyl groups is 1. The van der Waals surface area contributed by atoms with E-state index in [1.165, 1.54) is 0 Å². The number of likely N-dealkylation sites (tertiary alicyclic amines) is 1. The largest absolute Gasteiger partial charge is 0.391 e. The highest BCUT2D eigenvalue weighted by Crippen LogP contribution is 2.26. The van der Waals surface area contributed by atoms with Crippen molar-refractivity contribution in [2.75, 3.05) is 44.3 Å². The van der Waals surface area contributed by atoms with Gasteiger partial charge in [-0.2, -0.15) is 0 Å². The van der Waals surface area contributed by atoms with Crippen LogP contribution in [0, 0.1) is 5.92 Å². The van der Waals surface area contributed by atoms with Crippen molar-refractivity contribution in [1.82, 2.24) is 19.4 Å². The third-order valence-corrected chi connectivity index (χ3v) is 6.34. The number of rotatable bonds is 4. The summed E-state index contributed by atoms with van der Waals surface area (Å²) in [5.74, 6) is 0.867. The maximum Gasteiger partial charge on any atom is 0.254 e. The van der Waals surface area contributed by atoms with Crippen molar-refractivity contribution in [2.45, 2.75) is 12.5 Å². The number of nitrogens with zero attached hydrogens (tertiary/aromatic N) is 5. The quantitative estimate of drug-likeness (QED) is 0.687. The average molecular weight is 422 g/mol. The van der Waals surface area contributed by atoms with Crippen molar-refractivity contribution in [3.8, 4) is 0 Å². The lowest BCUT2D eigenvalue weighted by atomic mass is 9.97. The van der Waals surface area contributed by atoms with Gasteiger partial charge in [-0.15, -0.1) is 0 Å². The van der Waals surface area contributed by atoms with Gasteiger partial charge in [0.15, 0.2) is 0 Å². The summed E-state index contributed by atoms with van der Waals surface area (Å²) < 4.78 is 7.51. The fraction of sp³-hybridized carbons (Fsp3) is 0.435. The van der Waals surface area contributed by atoms with Gasteiger partial charge in [0.1, 0.15) is 0 Å². The SMILES string of the molecule is Cn1c(N2CCOCC2)nc2cc(C(=O)N3CC(O)C(Cc4ccncc4)C3)ccc21. The second-order valence-electron chi connectivity index (χ2n) is 8.37. The van der Waals surface area contributed by atoms with E-state index in [0.717, 1.165) is 42.1 Å². The molecule has 2 saturated heterocycles. The number of pyridine rings is 1. The Hall–Kier alpha value is -2.97. The number of aromatic nitrogens is 3. The fourth-order valence-electron chi connectivity index (χ4n) is 4.59. The number of imidazole rings is 1. The summed E-state index contributed by atoms with van der Waals surface area (Å²) in [6, 6.07) is 9.60. The first-order valence-corrected chi connectivity index (χ1v) is 10.8. The van der Waals surface area contributed by atoms with Crippen LogP contribution >= 0.6 is 0 Å². The number of hydrogen-bond acceptors (Lipinski definition) is 6. The van der Waals surface area contributed by atoms with Crippen LogP contribution in [0.5, 0.6) is 0 Å². The predicted molar refractivity (Wildman–Crippen MR) is 117 cm³/mol. The third-order valence-electron chi connectivity index (χ3n) is 6.34. The minimum Gasteiger partial charge on any atom is -0.391 e. The smallest absolute Gasteiger partial charge is 0.254 e. The van der Waals surface area contributed by atoms with E-state index in [9.17, 15) is 9.90 Å². The molecule has 0 spiro atoms. The molecule has 31 heavy (non-hydrogen) atoms. The summed E-state index contributed by atoms with van der Waals surface area (Å²) in [6.07, 6.45) is 3.72. The number of aliphatic hydroxyl groups excluding tert-OH is 1. The molecule has 162 valence electrons. The highest BCUT2D eigenvalue weighted by Gasteiger charge is 2.34. The summed E-state index contributed by atoms with van der Waals surface area (Å²) >= 11 is 0. The van der Waals surface area contributed by atoms with Crippen LogP contribution in [0.15, 0.2) is 42.7 Å². The minimum atomic E-state index is -0.524. The van der Waals surface area contributed by atoms with Crippen molar-refractivity contribution in [3.63, 3.8) is 0 Å². The summed E-state index contributed by atoms with van der Waals surface area (Å²) in [6.45, 7) is 3.92. The molecule has 1 N–H and O–H groups in total. The zero-order valence-corrected chi connectivity index (χ0v) is 17.6. The van der Waals surface area contributed by atoms with Gasteiger partial charge in [0.2, 0.25) is 5.95 Å². The average Bonchev–Trinajstić information content (AvgIpc) is 3.34. The molecule has 1 amide bonds. The number of β-amino-alcohol motifs (C(OH)–C–C–N with tert-alkyl or cyclic N) is 1. The molecule has 0 saturated carbocycles. The minimum absolute atomic E-state index is 0.0258. The summed E-state index contributed by atoms with van der Waals surface area (Å²) in [7, 11) is 2.00. The summed E-state index contributed by atoms with van der Waals surface area (Å²) in [5, 5.41) is 10.5. The Morgan fingerprint density at radius 2 is 1.94 bits per heavy atom. The zero-order chi connectivity index (χ0) is 21.4. The van der Waals surface area contributed by atoms with Crippen LogP contribution in [0.1, 0.15) is 15.9 Å². The van der Waals surface area contributed by atoms with Crippen molar-refractivity contribution in [3.05, 3.63) is 53.9 Å². The molecule has 2 aliphatic heterocycles. The number of hydrogen-bond donors (Lipinski definition) is 1. The molecule has 2 atom stereocenters. The molecule has 2 aromatic heterocycles. The van der Waals surface area contributed by atoms with Crippen molar-refractivity contribution < 1.29 is 14.6 Å². The number of fused-ring (bicyclic) bond motifs is 1. The molecular weight excluding hydrogens is 394 g/mol. The van der Waals surface area contributed by atoms with E-state index in [1.807, 2.05) is 37.4 Å². The number of carbonyl (C=O) groups is 1. The number of anilines is 1. The first-order valence-electron chi connectivity index (χ1n) is 10.8. The summed E-state index contributed by atoms with van der Waals surface area (Å²) in [5.41, 5.74) is 3.53. The molecule has 2 unspecified atom stereocenters. The molecular formula is C23H27N5O3. The second-order valence-corrected chi connectivity index (χ2v) is 8.37. The van der Waals surface area contributed by atoms with Gasteiger partial charge in [-0.25, -0.2) is 4.98 Å². The highest BCUT2D eigenvalue weighted by molar-refractivity contribution is 5.98. The Bertz CT molecular complexity index is 1080. The Balaban J connectivity index is 1.33. The van der Waals surface area contributed by atoms with Crippen LogP contribution in [0.3, 0.4) is 0 Å². The van der Waals surface area contributed by atoms with E-state index in [-0.39, 0.29) is 11.8 Å². The Morgan fingerprint density at radius 3 is 2.71 bits per heavy atom. The van der Waals surface area contributed by atoms with Crippen molar-refractivity contribution in [2.24, 2.45) is 13.0 Å². The fourth-order valence-corrected chi connectivity index (χ4v) is 4.59. The topological polar surface area (TPSA) is 83.7 Å². The normalized spacial score (nSPS) is 21.7. The number of aryl methyl sites for hydroxylation is 1. The van der Waals surface area contributed by atoms with Crippen LogP contribution in [-0.2, 0) is 18.2 Å². The number of morpholine rings is 1. The van der Waals surface area contributed by atoms with E-state index in [1.54, 1.807) is 17.3 Å². The third kappa shape index (κ3) is 3.88. The number of carbonyl (C=O) groups excluding carboxylic acids is 1. The van der Waals surface area contributed by atoms with E-state index in [2.05, 4.69) is 14.5 Å². The first-order chi connectivity index (χ1) is 15.1. The molecule has 2 aliphatic rings. The van der Waals surface area contributed by atoms with Crippen molar-refractivity contribution >= 4 is 22.9 Å². The second kappa shape index (κ2) is 8.28. The molecule has 0 radical (unpaired) electrons. The van der Waals surface area contributed by atoms with Crippen LogP contribution in [0.2, 0.25) is 0 Å². The molecule has 5 rings (SSSR count). The van der Waals surface area contributed by atoms with Gasteiger partial charge in [0, 0.05) is 57.1 Å². The van der Waals surface area contributed by atoms with Gasteiger partial charge >= 0.3 is 0 Å². The maximum absolute atomic E-state index is 13.2. The molecule has 0 bridgehead atoms. The standard InChI is InChI=1S/C23H27N5O3/c1-26-20-3-2-17(13-19(20)25-23(26)27-8-10-31-11-9-27)22(30)28-14-18(21(29)15-28)12-16-4-6-24-7-5-16/h2-7,13,18,21,29H,8-12,14-15H2,1H3. The zero-order valence-electron chi connectivity index (χ0n) is 17.6. The number of benzene rings is 1. The first kappa shape index (κ1) is 20.0. The van der Waals surface area contributed by atoms with Crippen LogP contribution < -0.4 is 4.90 Å². The molecule has 2 fully saturated rings. The molecule has 4 heterocycles. The predicted octanol–water partition coefficient (Wildman–Crippen LogP) is 1.48. The molecule has 3 aromatic rings. The van der Waals surface area contributed by atoms with Gasteiger partial charge in [0.25, 0.3) is 5.91 Å². The van der Waals surface area contributed by atoms with Crippen LogP contribution in [0.25, 0.3) is 11.0 Å². The molecule has 1 aromatic carbocycles. The molecule has 8 heteroatoms. The van der Waals surface area contributed by atoms with E-state index in [0.29, 0.717) is 31.9 Å². The van der Waals surface area contributed by atoms with E-state index in [4.69, 9.17) is 9.72 Å². The van der Waals surface area contributed by atoms with Gasteiger partial charge < -0.3 is 24.2 Å². The lowest BCUT2D eigenvalue weighted by Crippen LogP contribution is -2.37. The van der Waals surface area contributed by atoms with Gasteiger partial charge in [-0.05, 0) is 42.3 Å². The van der Waals surface area contributed by atoms with Crippen molar-refractivity contribution in [1.29, 1.82) is 0 Å². The Morgan fingerprint density at radius 1 is 1.16 bits per heavy atom. The lowest BCUT2D eigenvalue weighted by molar-refractivity contribution is 0.0764. The van der Waals surface area contributed by atoms with E-state index < -0.39 is 6.10 Å². The molecule has 0 aliphatic carbocycles. The lowest BCUT2D eigenvalue weighted by Gasteiger charge is -2.27. The van der Waals surface area contributed by atoms with Gasteiger partial charge in [0.05, 0.1) is 30.4 Å². The Labute approximate surface area is 181 Å². The van der Waals surface area contributed by atoms with Crippen LogP contribution in [-0.4, -0.2) is 75.9 Å².